The number of rotatable bonds is 3. The summed E-state index contributed by atoms with van der Waals surface area (Å²) in [5.74, 6) is 0. The molecule has 1 unspecified atom stereocenters. The molecule has 0 spiro atoms. The molecule has 0 saturated carbocycles. The Morgan fingerprint density at radius 2 is 1.70 bits per heavy atom. The number of hydrogen-bond donors (Lipinski definition) is 1. The summed E-state index contributed by atoms with van der Waals surface area (Å²) in [4.78, 5) is 0. The predicted molar refractivity (Wildman–Crippen MR) is 91.0 cm³/mol. The highest BCUT2D eigenvalue weighted by Crippen LogP contribution is 2.36. The number of benzene rings is 2. The normalized spacial score (nSPS) is 12.5. The summed E-state index contributed by atoms with van der Waals surface area (Å²) in [6.07, 6.45) is 0. The minimum atomic E-state index is -0.0354. The maximum Gasteiger partial charge on any atom is 0.0604 e. The third-order valence-corrected chi connectivity index (χ3v) is 5.14. The van der Waals surface area contributed by atoms with Gasteiger partial charge in [0.25, 0.3) is 0 Å². The molecule has 2 aromatic carbocycles. The van der Waals surface area contributed by atoms with Crippen LogP contribution in [0.2, 0.25) is 10.0 Å². The fraction of sp³-hybridized carbons (Fsp3) is 0.250. The second kappa shape index (κ2) is 6.48. The molecule has 2 rings (SSSR count). The van der Waals surface area contributed by atoms with Gasteiger partial charge in [0, 0.05) is 9.50 Å². The summed E-state index contributed by atoms with van der Waals surface area (Å²) in [6, 6.07) is 10.0. The SMILES string of the molecule is CNC(c1cc(C)c(C)cc1Cl)c1cccc(Br)c1Cl. The molecule has 0 aliphatic rings. The van der Waals surface area contributed by atoms with Gasteiger partial charge in [0.15, 0.2) is 0 Å². The molecule has 0 radical (unpaired) electrons. The standard InChI is InChI=1S/C16H16BrCl2N/c1-9-7-12(14(18)8-10(9)2)16(20-3)11-5-4-6-13(17)15(11)19/h4-8,16,20H,1-3H3. The first-order valence-electron chi connectivity index (χ1n) is 6.33. The van der Waals surface area contributed by atoms with Crippen molar-refractivity contribution < 1.29 is 0 Å². The van der Waals surface area contributed by atoms with Gasteiger partial charge in [-0.25, -0.2) is 0 Å². The summed E-state index contributed by atoms with van der Waals surface area (Å²) in [5.41, 5.74) is 4.45. The zero-order valence-corrected chi connectivity index (χ0v) is 14.7. The molecule has 0 fully saturated rings. The molecule has 4 heteroatoms. The minimum absolute atomic E-state index is 0.0354. The van der Waals surface area contributed by atoms with E-state index in [1.807, 2.05) is 31.3 Å². The number of halogens is 3. The summed E-state index contributed by atoms with van der Waals surface area (Å²) < 4.78 is 0.886. The smallest absolute Gasteiger partial charge is 0.0604 e. The largest absolute Gasteiger partial charge is 0.309 e. The van der Waals surface area contributed by atoms with Crippen molar-refractivity contribution in [2.24, 2.45) is 0 Å². The van der Waals surface area contributed by atoms with Gasteiger partial charge in [-0.2, -0.15) is 0 Å². The molecule has 0 amide bonds. The zero-order chi connectivity index (χ0) is 14.9. The van der Waals surface area contributed by atoms with Crippen LogP contribution in [0.5, 0.6) is 0 Å². The third kappa shape index (κ3) is 3.04. The average molecular weight is 373 g/mol. The highest BCUT2D eigenvalue weighted by atomic mass is 79.9. The van der Waals surface area contributed by atoms with Crippen LogP contribution in [0.1, 0.15) is 28.3 Å². The first-order chi connectivity index (χ1) is 9.45. The fourth-order valence-electron chi connectivity index (χ4n) is 2.25. The Kier molecular flexibility index (Phi) is 5.14. The van der Waals surface area contributed by atoms with Crippen molar-refractivity contribution >= 4 is 39.1 Å². The number of aryl methyl sites for hydroxylation is 2. The fourth-order valence-corrected chi connectivity index (χ4v) is 3.19. The summed E-state index contributed by atoms with van der Waals surface area (Å²) in [7, 11) is 1.91. The lowest BCUT2D eigenvalue weighted by atomic mass is 9.95. The van der Waals surface area contributed by atoms with E-state index in [0.29, 0.717) is 5.02 Å². The van der Waals surface area contributed by atoms with Crippen molar-refractivity contribution in [1.29, 1.82) is 0 Å². The summed E-state index contributed by atoms with van der Waals surface area (Å²) in [5, 5.41) is 4.76. The zero-order valence-electron chi connectivity index (χ0n) is 11.6. The van der Waals surface area contributed by atoms with E-state index < -0.39 is 0 Å². The lowest BCUT2D eigenvalue weighted by Gasteiger charge is -2.21. The Balaban J connectivity index is 2.58. The van der Waals surface area contributed by atoms with Crippen LogP contribution in [0.15, 0.2) is 34.8 Å². The van der Waals surface area contributed by atoms with Crippen LogP contribution in [0.3, 0.4) is 0 Å². The van der Waals surface area contributed by atoms with Crippen LogP contribution in [-0.2, 0) is 0 Å². The van der Waals surface area contributed by atoms with E-state index in [-0.39, 0.29) is 6.04 Å². The van der Waals surface area contributed by atoms with E-state index in [1.165, 1.54) is 11.1 Å². The second-order valence-corrected chi connectivity index (χ2v) is 6.46. The van der Waals surface area contributed by atoms with E-state index in [4.69, 9.17) is 23.2 Å². The molecule has 1 atom stereocenters. The van der Waals surface area contributed by atoms with Crippen molar-refractivity contribution in [3.8, 4) is 0 Å². The van der Waals surface area contributed by atoms with Crippen molar-refractivity contribution in [2.45, 2.75) is 19.9 Å². The maximum absolute atomic E-state index is 6.42. The van der Waals surface area contributed by atoms with Gasteiger partial charge in [-0.3, -0.25) is 0 Å². The summed E-state index contributed by atoms with van der Waals surface area (Å²) in [6.45, 7) is 4.15. The lowest BCUT2D eigenvalue weighted by Crippen LogP contribution is -2.19. The molecule has 0 aliphatic heterocycles. The quantitative estimate of drug-likeness (QED) is 0.730. The Hall–Kier alpha value is -0.540. The van der Waals surface area contributed by atoms with Crippen molar-refractivity contribution in [3.63, 3.8) is 0 Å². The second-order valence-electron chi connectivity index (χ2n) is 4.82. The minimum Gasteiger partial charge on any atom is -0.309 e. The van der Waals surface area contributed by atoms with Crippen LogP contribution in [0.4, 0.5) is 0 Å². The van der Waals surface area contributed by atoms with Gasteiger partial charge in [-0.15, -0.1) is 0 Å². The van der Waals surface area contributed by atoms with E-state index in [2.05, 4.69) is 41.2 Å². The van der Waals surface area contributed by atoms with Crippen LogP contribution < -0.4 is 5.32 Å². The van der Waals surface area contributed by atoms with E-state index >= 15 is 0 Å². The summed E-state index contributed by atoms with van der Waals surface area (Å²) >= 11 is 16.3. The molecule has 1 N–H and O–H groups in total. The lowest BCUT2D eigenvalue weighted by molar-refractivity contribution is 0.691. The monoisotopic (exact) mass is 371 g/mol. The first kappa shape index (κ1) is 15.8. The molecule has 20 heavy (non-hydrogen) atoms. The molecule has 0 aromatic heterocycles. The van der Waals surface area contributed by atoms with Gasteiger partial charge in [0.2, 0.25) is 0 Å². The van der Waals surface area contributed by atoms with Gasteiger partial charge < -0.3 is 5.32 Å². The van der Waals surface area contributed by atoms with Crippen LogP contribution in [0, 0.1) is 13.8 Å². The Morgan fingerprint density at radius 3 is 2.35 bits per heavy atom. The molecule has 2 aromatic rings. The highest BCUT2D eigenvalue weighted by molar-refractivity contribution is 9.10. The van der Waals surface area contributed by atoms with Gasteiger partial charge in [-0.1, -0.05) is 41.4 Å². The van der Waals surface area contributed by atoms with Crippen molar-refractivity contribution in [2.75, 3.05) is 7.05 Å². The molecule has 1 nitrogen and oxygen atoms in total. The van der Waals surface area contributed by atoms with E-state index in [9.17, 15) is 0 Å². The Morgan fingerprint density at radius 1 is 1.05 bits per heavy atom. The molecule has 0 saturated heterocycles. The molecule has 0 aliphatic carbocycles. The topological polar surface area (TPSA) is 12.0 Å². The van der Waals surface area contributed by atoms with Gasteiger partial charge in [-0.05, 0) is 71.2 Å². The average Bonchev–Trinajstić information content (AvgIpc) is 2.41. The Bertz CT molecular complexity index is 641. The van der Waals surface area contributed by atoms with E-state index in [1.54, 1.807) is 0 Å². The van der Waals surface area contributed by atoms with Crippen molar-refractivity contribution in [3.05, 3.63) is 67.1 Å². The molecular weight excluding hydrogens is 357 g/mol. The highest BCUT2D eigenvalue weighted by Gasteiger charge is 2.19. The molecule has 0 bridgehead atoms. The van der Waals surface area contributed by atoms with Crippen LogP contribution >= 0.6 is 39.1 Å². The van der Waals surface area contributed by atoms with Gasteiger partial charge >= 0.3 is 0 Å². The molecular formula is C16H16BrCl2N. The Labute approximate surface area is 138 Å². The molecule has 106 valence electrons. The van der Waals surface area contributed by atoms with Crippen molar-refractivity contribution in [1.82, 2.24) is 5.32 Å². The predicted octanol–water partition coefficient (Wildman–Crippen LogP) is 5.68. The maximum atomic E-state index is 6.42. The first-order valence-corrected chi connectivity index (χ1v) is 7.88. The van der Waals surface area contributed by atoms with E-state index in [0.717, 1.165) is 20.6 Å². The number of nitrogens with one attached hydrogen (secondary N) is 1. The van der Waals surface area contributed by atoms with Gasteiger partial charge in [0.05, 0.1) is 11.1 Å². The molecule has 0 heterocycles. The van der Waals surface area contributed by atoms with Gasteiger partial charge in [0.1, 0.15) is 0 Å². The van der Waals surface area contributed by atoms with Crippen LogP contribution in [-0.4, -0.2) is 7.05 Å². The number of hydrogen-bond acceptors (Lipinski definition) is 1. The third-order valence-electron chi connectivity index (χ3n) is 3.51. The van der Waals surface area contributed by atoms with Crippen LogP contribution in [0.25, 0.3) is 0 Å².